The number of benzene rings is 2. The predicted octanol–water partition coefficient (Wildman–Crippen LogP) is 4.30. The highest BCUT2D eigenvalue weighted by molar-refractivity contribution is 7.85. The Morgan fingerprint density at radius 3 is 2.47 bits per heavy atom. The van der Waals surface area contributed by atoms with E-state index < -0.39 is 17.2 Å². The number of hydrogen-bond donors (Lipinski definition) is 0. The highest BCUT2D eigenvalue weighted by atomic mass is 35.5. The van der Waals surface area contributed by atoms with Crippen LogP contribution in [-0.2, 0) is 10.8 Å². The summed E-state index contributed by atoms with van der Waals surface area (Å²) >= 11 is 6.11. The van der Waals surface area contributed by atoms with Crippen LogP contribution in [0.1, 0.15) is 10.5 Å². The molecule has 0 radical (unpaired) electrons. The second kappa shape index (κ2) is 8.95. The van der Waals surface area contributed by atoms with Crippen molar-refractivity contribution >= 4 is 28.3 Å². The van der Waals surface area contributed by atoms with Crippen LogP contribution >= 0.6 is 11.6 Å². The summed E-state index contributed by atoms with van der Waals surface area (Å²) in [5.74, 6) is 0.0566. The number of ether oxygens (including phenoxy) is 1. The average Bonchev–Trinajstić information content (AvgIpc) is 3.18. The van der Waals surface area contributed by atoms with Gasteiger partial charge in [0.25, 0.3) is 5.91 Å². The van der Waals surface area contributed by atoms with Crippen molar-refractivity contribution in [3.63, 3.8) is 0 Å². The van der Waals surface area contributed by atoms with Crippen molar-refractivity contribution in [3.05, 3.63) is 65.3 Å². The first kappa shape index (κ1) is 22.3. The Balaban J connectivity index is 1.76. The van der Waals surface area contributed by atoms with Gasteiger partial charge in [0.05, 0.1) is 11.4 Å². The van der Waals surface area contributed by atoms with E-state index in [4.69, 9.17) is 11.6 Å². The number of aromatic nitrogens is 2. The third-order valence-electron chi connectivity index (χ3n) is 4.81. The normalized spacial score (nSPS) is 15.1. The first-order valence-electron chi connectivity index (χ1n) is 9.56. The molecule has 0 saturated carbocycles. The molecule has 1 aromatic heterocycles. The molecule has 1 aliphatic heterocycles. The molecular weight excluding hydrogens is 467 g/mol. The van der Waals surface area contributed by atoms with Gasteiger partial charge in [-0.05, 0) is 36.4 Å². The van der Waals surface area contributed by atoms with Crippen LogP contribution in [0.3, 0.4) is 0 Å². The lowest BCUT2D eigenvalue weighted by Crippen LogP contribution is -2.42. The van der Waals surface area contributed by atoms with Crippen molar-refractivity contribution in [1.29, 1.82) is 0 Å². The van der Waals surface area contributed by atoms with Gasteiger partial charge in [0, 0.05) is 46.0 Å². The number of rotatable bonds is 4. The van der Waals surface area contributed by atoms with Crippen molar-refractivity contribution in [2.24, 2.45) is 0 Å². The summed E-state index contributed by atoms with van der Waals surface area (Å²) in [4.78, 5) is 14.6. The monoisotopic (exact) mass is 483 g/mol. The van der Waals surface area contributed by atoms with Gasteiger partial charge < -0.3 is 9.64 Å². The average molecular weight is 484 g/mol. The van der Waals surface area contributed by atoms with E-state index in [2.05, 4.69) is 9.84 Å². The summed E-state index contributed by atoms with van der Waals surface area (Å²) in [5.41, 5.74) is 1.42. The van der Waals surface area contributed by atoms with Crippen LogP contribution in [0, 0.1) is 0 Å². The molecule has 0 N–H and O–H groups in total. The standard InChI is InChI=1S/C21H17ClF3N3O3S/c22-15-4-2-5-16(12-15)28-19(14-3-1-6-17(11-14)31-21(23,24)25)13-18(26-28)20(29)27-7-9-32(30)10-8-27/h1-6,11-13H,7-10H2. The first-order chi connectivity index (χ1) is 15.2. The number of alkyl halides is 3. The molecule has 3 aromatic rings. The smallest absolute Gasteiger partial charge is 0.406 e. The van der Waals surface area contributed by atoms with E-state index in [0.29, 0.717) is 46.6 Å². The first-order valence-corrected chi connectivity index (χ1v) is 11.4. The van der Waals surface area contributed by atoms with E-state index >= 15 is 0 Å². The molecule has 11 heteroatoms. The molecule has 32 heavy (non-hydrogen) atoms. The van der Waals surface area contributed by atoms with Crippen LogP contribution in [0.15, 0.2) is 54.6 Å². The van der Waals surface area contributed by atoms with E-state index in [1.54, 1.807) is 35.2 Å². The minimum Gasteiger partial charge on any atom is -0.406 e. The number of carbonyl (C=O) groups is 1. The summed E-state index contributed by atoms with van der Waals surface area (Å²) in [6.07, 6.45) is -4.83. The van der Waals surface area contributed by atoms with E-state index in [1.165, 1.54) is 28.9 Å². The van der Waals surface area contributed by atoms with Crippen LogP contribution in [0.5, 0.6) is 5.75 Å². The minimum absolute atomic E-state index is 0.120. The molecule has 0 spiro atoms. The van der Waals surface area contributed by atoms with E-state index in [-0.39, 0.29) is 17.4 Å². The zero-order valence-corrected chi connectivity index (χ0v) is 18.1. The SMILES string of the molecule is O=C(c1cc(-c2cccc(OC(F)(F)F)c2)n(-c2cccc(Cl)c2)n1)N1CCS(=O)CC1. The van der Waals surface area contributed by atoms with E-state index in [0.717, 1.165) is 0 Å². The molecule has 0 bridgehead atoms. The van der Waals surface area contributed by atoms with Crippen LogP contribution in [0.4, 0.5) is 13.2 Å². The van der Waals surface area contributed by atoms with Crippen molar-refractivity contribution in [3.8, 4) is 22.7 Å². The Labute approximate surface area is 189 Å². The molecule has 1 amide bonds. The van der Waals surface area contributed by atoms with Crippen LogP contribution in [-0.4, -0.2) is 55.8 Å². The second-order valence-electron chi connectivity index (χ2n) is 7.02. The third-order valence-corrected chi connectivity index (χ3v) is 6.32. The van der Waals surface area contributed by atoms with E-state index in [9.17, 15) is 22.2 Å². The van der Waals surface area contributed by atoms with Gasteiger partial charge in [-0.1, -0.05) is 29.8 Å². The van der Waals surface area contributed by atoms with Gasteiger partial charge in [-0.25, -0.2) is 4.68 Å². The van der Waals surface area contributed by atoms with Crippen LogP contribution in [0.2, 0.25) is 5.02 Å². The Bertz CT molecular complexity index is 1170. The largest absolute Gasteiger partial charge is 0.573 e. The summed E-state index contributed by atoms with van der Waals surface area (Å²) in [6.45, 7) is 0.694. The topological polar surface area (TPSA) is 64.4 Å². The molecular formula is C21H17ClF3N3O3S. The molecule has 0 unspecified atom stereocenters. The number of amides is 1. The Morgan fingerprint density at radius 1 is 1.06 bits per heavy atom. The van der Waals surface area contributed by atoms with Gasteiger partial charge in [-0.2, -0.15) is 5.10 Å². The van der Waals surface area contributed by atoms with Gasteiger partial charge in [0.1, 0.15) is 5.75 Å². The lowest BCUT2D eigenvalue weighted by Gasteiger charge is -2.25. The number of nitrogens with zero attached hydrogens (tertiary/aromatic N) is 3. The summed E-state index contributed by atoms with van der Waals surface area (Å²) < 4.78 is 55.1. The minimum atomic E-state index is -4.83. The lowest BCUT2D eigenvalue weighted by atomic mass is 10.1. The van der Waals surface area contributed by atoms with Gasteiger partial charge in [-0.3, -0.25) is 9.00 Å². The summed E-state index contributed by atoms with van der Waals surface area (Å²) in [5, 5.41) is 4.86. The Hall–Kier alpha value is -2.85. The second-order valence-corrected chi connectivity index (χ2v) is 9.15. The van der Waals surface area contributed by atoms with Crippen molar-refractivity contribution < 1.29 is 26.9 Å². The molecule has 2 heterocycles. The third kappa shape index (κ3) is 5.13. The quantitative estimate of drug-likeness (QED) is 0.555. The Morgan fingerprint density at radius 2 is 1.78 bits per heavy atom. The molecule has 4 rings (SSSR count). The fourth-order valence-corrected chi connectivity index (χ4v) is 4.59. The summed E-state index contributed by atoms with van der Waals surface area (Å²) in [6, 6.07) is 13.7. The lowest BCUT2D eigenvalue weighted by molar-refractivity contribution is -0.274. The Kier molecular flexibility index (Phi) is 6.25. The van der Waals surface area contributed by atoms with Gasteiger partial charge in [-0.15, -0.1) is 13.2 Å². The highest BCUT2D eigenvalue weighted by Gasteiger charge is 2.31. The van der Waals surface area contributed by atoms with Crippen molar-refractivity contribution in [2.75, 3.05) is 24.6 Å². The fraction of sp³-hybridized carbons (Fsp3) is 0.238. The van der Waals surface area contributed by atoms with Crippen LogP contribution in [0.25, 0.3) is 16.9 Å². The summed E-state index contributed by atoms with van der Waals surface area (Å²) in [7, 11) is -0.946. The molecule has 1 saturated heterocycles. The van der Waals surface area contributed by atoms with Gasteiger partial charge in [0.15, 0.2) is 5.69 Å². The van der Waals surface area contributed by atoms with Gasteiger partial charge >= 0.3 is 6.36 Å². The highest BCUT2D eigenvalue weighted by Crippen LogP contribution is 2.30. The van der Waals surface area contributed by atoms with Crippen LogP contribution < -0.4 is 4.74 Å². The molecule has 2 aromatic carbocycles. The molecule has 168 valence electrons. The maximum atomic E-state index is 13.0. The molecule has 6 nitrogen and oxygen atoms in total. The van der Waals surface area contributed by atoms with Gasteiger partial charge in [0.2, 0.25) is 0 Å². The van der Waals surface area contributed by atoms with E-state index in [1.807, 2.05) is 0 Å². The van der Waals surface area contributed by atoms with Crippen molar-refractivity contribution in [1.82, 2.24) is 14.7 Å². The number of halogens is 4. The molecule has 0 aliphatic carbocycles. The number of carbonyl (C=O) groups excluding carboxylic acids is 1. The maximum Gasteiger partial charge on any atom is 0.573 e. The molecule has 1 aliphatic rings. The number of hydrogen-bond acceptors (Lipinski definition) is 4. The zero-order valence-electron chi connectivity index (χ0n) is 16.5. The fourth-order valence-electron chi connectivity index (χ4n) is 3.35. The molecule has 0 atom stereocenters. The maximum absolute atomic E-state index is 13.0. The van der Waals surface area contributed by atoms with Crippen molar-refractivity contribution in [2.45, 2.75) is 6.36 Å². The molecule has 1 fully saturated rings. The zero-order chi connectivity index (χ0) is 22.9. The predicted molar refractivity (Wildman–Crippen MR) is 114 cm³/mol.